The van der Waals surface area contributed by atoms with Crippen LogP contribution in [0.4, 0.5) is 0 Å². The molecule has 1 aliphatic rings. The first-order valence-electron chi connectivity index (χ1n) is 7.27. The first kappa shape index (κ1) is 13.2. The summed E-state index contributed by atoms with van der Waals surface area (Å²) < 4.78 is 2.18. The van der Waals surface area contributed by atoms with Crippen molar-refractivity contribution in [2.45, 2.75) is 45.3 Å². The molecular formula is C16H20N2O2. The van der Waals surface area contributed by atoms with Crippen molar-refractivity contribution in [3.63, 3.8) is 0 Å². The Labute approximate surface area is 118 Å². The van der Waals surface area contributed by atoms with Crippen LogP contribution in [0.3, 0.4) is 0 Å². The number of aryl methyl sites for hydroxylation is 1. The lowest BCUT2D eigenvalue weighted by atomic mass is 9.93. The van der Waals surface area contributed by atoms with Gasteiger partial charge in [0.05, 0.1) is 5.56 Å². The van der Waals surface area contributed by atoms with Crippen LogP contribution in [0.5, 0.6) is 0 Å². The molecule has 1 aliphatic carbocycles. The Morgan fingerprint density at radius 1 is 1.45 bits per heavy atom. The van der Waals surface area contributed by atoms with Crippen LogP contribution in [0.1, 0.15) is 42.1 Å². The maximum atomic E-state index is 11.1. The zero-order valence-corrected chi connectivity index (χ0v) is 11.7. The van der Waals surface area contributed by atoms with Crippen LogP contribution in [0.15, 0.2) is 24.4 Å². The van der Waals surface area contributed by atoms with Crippen LogP contribution in [-0.4, -0.2) is 21.7 Å². The minimum atomic E-state index is -0.867. The number of rotatable bonds is 5. The molecule has 2 aromatic rings. The van der Waals surface area contributed by atoms with Gasteiger partial charge in [-0.3, -0.25) is 0 Å². The molecule has 0 radical (unpaired) electrons. The van der Waals surface area contributed by atoms with Crippen molar-refractivity contribution in [1.29, 1.82) is 0 Å². The SMILES string of the molecule is CCn1cc(CNC2CCC2)c2cc(C(=O)O)ccc21. The van der Waals surface area contributed by atoms with Crippen LogP contribution in [0.2, 0.25) is 0 Å². The van der Waals surface area contributed by atoms with Crippen molar-refractivity contribution < 1.29 is 9.90 Å². The molecule has 3 rings (SSSR count). The smallest absolute Gasteiger partial charge is 0.335 e. The number of carboxylic acids is 1. The minimum Gasteiger partial charge on any atom is -0.478 e. The summed E-state index contributed by atoms with van der Waals surface area (Å²) >= 11 is 0. The van der Waals surface area contributed by atoms with Crippen molar-refractivity contribution in [1.82, 2.24) is 9.88 Å². The maximum absolute atomic E-state index is 11.1. The van der Waals surface area contributed by atoms with E-state index in [9.17, 15) is 4.79 Å². The quantitative estimate of drug-likeness (QED) is 0.879. The van der Waals surface area contributed by atoms with Crippen molar-refractivity contribution in [2.75, 3.05) is 0 Å². The monoisotopic (exact) mass is 272 g/mol. The summed E-state index contributed by atoms with van der Waals surface area (Å²) in [7, 11) is 0. The second-order valence-corrected chi connectivity index (χ2v) is 5.49. The molecule has 0 aliphatic heterocycles. The lowest BCUT2D eigenvalue weighted by Gasteiger charge is -2.26. The molecule has 0 unspecified atom stereocenters. The highest BCUT2D eigenvalue weighted by Crippen LogP contribution is 2.25. The van der Waals surface area contributed by atoms with Crippen molar-refractivity contribution in [2.24, 2.45) is 0 Å². The molecule has 1 saturated carbocycles. The molecule has 0 spiro atoms. The lowest BCUT2D eigenvalue weighted by Crippen LogP contribution is -2.34. The number of hydrogen-bond donors (Lipinski definition) is 2. The molecule has 4 heteroatoms. The first-order valence-corrected chi connectivity index (χ1v) is 7.27. The van der Waals surface area contributed by atoms with Gasteiger partial charge in [-0.1, -0.05) is 6.42 Å². The van der Waals surface area contributed by atoms with Gasteiger partial charge in [-0.15, -0.1) is 0 Å². The first-order chi connectivity index (χ1) is 9.69. The molecular weight excluding hydrogens is 252 g/mol. The third-order valence-electron chi connectivity index (χ3n) is 4.24. The average Bonchev–Trinajstić information content (AvgIpc) is 2.74. The number of aromatic nitrogens is 1. The predicted molar refractivity (Wildman–Crippen MR) is 79.1 cm³/mol. The van der Waals surface area contributed by atoms with E-state index in [0.717, 1.165) is 24.0 Å². The number of nitrogens with zero attached hydrogens (tertiary/aromatic N) is 1. The Morgan fingerprint density at radius 2 is 2.25 bits per heavy atom. The fourth-order valence-electron chi connectivity index (χ4n) is 2.77. The fourth-order valence-corrected chi connectivity index (χ4v) is 2.77. The molecule has 1 aromatic carbocycles. The van der Waals surface area contributed by atoms with E-state index < -0.39 is 5.97 Å². The molecule has 1 fully saturated rings. The lowest BCUT2D eigenvalue weighted by molar-refractivity contribution is 0.0697. The van der Waals surface area contributed by atoms with E-state index in [0.29, 0.717) is 11.6 Å². The van der Waals surface area contributed by atoms with Crippen LogP contribution >= 0.6 is 0 Å². The third kappa shape index (κ3) is 2.31. The van der Waals surface area contributed by atoms with Crippen LogP contribution in [-0.2, 0) is 13.1 Å². The van der Waals surface area contributed by atoms with Gasteiger partial charge in [-0.05, 0) is 43.5 Å². The number of hydrogen-bond acceptors (Lipinski definition) is 2. The van der Waals surface area contributed by atoms with Gasteiger partial charge in [0.15, 0.2) is 0 Å². The topological polar surface area (TPSA) is 54.3 Å². The molecule has 0 bridgehead atoms. The van der Waals surface area contributed by atoms with Gasteiger partial charge in [0.25, 0.3) is 0 Å². The summed E-state index contributed by atoms with van der Waals surface area (Å²) in [6, 6.07) is 6.02. The Kier molecular flexibility index (Phi) is 3.49. The van der Waals surface area contributed by atoms with E-state index in [1.54, 1.807) is 12.1 Å². The summed E-state index contributed by atoms with van der Waals surface area (Å²) in [6.07, 6.45) is 5.97. The highest BCUT2D eigenvalue weighted by molar-refractivity contribution is 5.95. The molecule has 1 heterocycles. The summed E-state index contributed by atoms with van der Waals surface area (Å²) in [5, 5.41) is 13.7. The van der Waals surface area contributed by atoms with E-state index in [1.807, 2.05) is 6.07 Å². The molecule has 20 heavy (non-hydrogen) atoms. The second kappa shape index (κ2) is 5.29. The van der Waals surface area contributed by atoms with Gasteiger partial charge in [0.1, 0.15) is 0 Å². The number of carbonyl (C=O) groups is 1. The van der Waals surface area contributed by atoms with Crippen LogP contribution in [0.25, 0.3) is 10.9 Å². The van der Waals surface area contributed by atoms with Gasteiger partial charge in [0, 0.05) is 36.2 Å². The second-order valence-electron chi connectivity index (χ2n) is 5.49. The summed E-state index contributed by atoms with van der Waals surface area (Å²) in [4.78, 5) is 11.1. The largest absolute Gasteiger partial charge is 0.478 e. The van der Waals surface area contributed by atoms with Crippen molar-refractivity contribution in [3.05, 3.63) is 35.5 Å². The third-order valence-corrected chi connectivity index (χ3v) is 4.24. The molecule has 0 saturated heterocycles. The van der Waals surface area contributed by atoms with Crippen LogP contribution < -0.4 is 5.32 Å². The van der Waals surface area contributed by atoms with Crippen molar-refractivity contribution >= 4 is 16.9 Å². The molecule has 4 nitrogen and oxygen atoms in total. The number of aromatic carboxylic acids is 1. The molecule has 1 aromatic heterocycles. The summed E-state index contributed by atoms with van der Waals surface area (Å²) in [6.45, 7) is 3.82. The van der Waals surface area contributed by atoms with E-state index >= 15 is 0 Å². The fraction of sp³-hybridized carbons (Fsp3) is 0.438. The van der Waals surface area contributed by atoms with Gasteiger partial charge in [-0.25, -0.2) is 4.79 Å². The summed E-state index contributed by atoms with van der Waals surface area (Å²) in [5.41, 5.74) is 2.66. The molecule has 0 amide bonds. The Morgan fingerprint density at radius 3 is 2.85 bits per heavy atom. The Hall–Kier alpha value is -1.81. The molecule has 2 N–H and O–H groups in total. The molecule has 0 atom stereocenters. The zero-order valence-electron chi connectivity index (χ0n) is 11.7. The Balaban J connectivity index is 1.95. The van der Waals surface area contributed by atoms with Gasteiger partial charge < -0.3 is 15.0 Å². The van der Waals surface area contributed by atoms with E-state index in [-0.39, 0.29) is 0 Å². The van der Waals surface area contributed by atoms with Crippen LogP contribution in [0, 0.1) is 0 Å². The zero-order chi connectivity index (χ0) is 14.1. The Bertz CT molecular complexity index is 641. The number of nitrogens with one attached hydrogen (secondary N) is 1. The van der Waals surface area contributed by atoms with E-state index in [2.05, 4.69) is 23.0 Å². The highest BCUT2D eigenvalue weighted by atomic mass is 16.4. The van der Waals surface area contributed by atoms with Gasteiger partial charge >= 0.3 is 5.97 Å². The maximum Gasteiger partial charge on any atom is 0.335 e. The average molecular weight is 272 g/mol. The van der Waals surface area contributed by atoms with E-state index in [4.69, 9.17) is 5.11 Å². The predicted octanol–water partition coefficient (Wildman–Crippen LogP) is 3.00. The number of fused-ring (bicyclic) bond motifs is 1. The van der Waals surface area contributed by atoms with Gasteiger partial charge in [0.2, 0.25) is 0 Å². The van der Waals surface area contributed by atoms with Gasteiger partial charge in [-0.2, -0.15) is 0 Å². The standard InChI is InChI=1S/C16H20N2O2/c1-2-18-10-12(9-17-13-4-3-5-13)14-8-11(16(19)20)6-7-15(14)18/h6-8,10,13,17H,2-5,9H2,1H3,(H,19,20). The number of benzene rings is 1. The highest BCUT2D eigenvalue weighted by Gasteiger charge is 2.17. The number of carboxylic acid groups (broad SMARTS) is 1. The molecule has 106 valence electrons. The van der Waals surface area contributed by atoms with Crippen molar-refractivity contribution in [3.8, 4) is 0 Å². The minimum absolute atomic E-state index is 0.358. The summed E-state index contributed by atoms with van der Waals surface area (Å²) in [5.74, 6) is -0.867. The van der Waals surface area contributed by atoms with E-state index in [1.165, 1.54) is 24.8 Å². The normalized spacial score (nSPS) is 15.4.